The number of rotatable bonds is 4. The van der Waals surface area contributed by atoms with Crippen LogP contribution in [0.2, 0.25) is 0 Å². The van der Waals surface area contributed by atoms with E-state index < -0.39 is 11.5 Å². The highest BCUT2D eigenvalue weighted by atomic mass is 16.5. The van der Waals surface area contributed by atoms with E-state index in [4.69, 9.17) is 33.5 Å². The normalized spacial score (nSPS) is 15.2. The first-order valence-electron chi connectivity index (χ1n) is 9.87. The zero-order chi connectivity index (χ0) is 23.3. The number of ether oxygens (including phenoxy) is 4. The fourth-order valence-electron chi connectivity index (χ4n) is 4.25. The lowest BCUT2D eigenvalue weighted by molar-refractivity contribution is 0.374. The van der Waals surface area contributed by atoms with Crippen molar-refractivity contribution in [2.24, 2.45) is 5.73 Å². The van der Waals surface area contributed by atoms with E-state index in [1.54, 1.807) is 37.4 Å². The third-order valence-corrected chi connectivity index (χ3v) is 5.70. The third-order valence-electron chi connectivity index (χ3n) is 5.70. The zero-order valence-electron chi connectivity index (χ0n) is 17.9. The van der Waals surface area contributed by atoms with Crippen molar-refractivity contribution in [3.05, 3.63) is 69.6 Å². The Kier molecular flexibility index (Phi) is 4.64. The van der Waals surface area contributed by atoms with Gasteiger partial charge in [0.1, 0.15) is 28.5 Å². The van der Waals surface area contributed by atoms with Gasteiger partial charge in [-0.05, 0) is 23.8 Å². The Morgan fingerprint density at radius 3 is 2.36 bits per heavy atom. The summed E-state index contributed by atoms with van der Waals surface area (Å²) in [7, 11) is 4.47. The van der Waals surface area contributed by atoms with Crippen molar-refractivity contribution in [3.8, 4) is 29.1 Å². The summed E-state index contributed by atoms with van der Waals surface area (Å²) in [5.41, 5.74) is 6.77. The predicted molar refractivity (Wildman–Crippen MR) is 118 cm³/mol. The Bertz CT molecular complexity index is 1540. The fourth-order valence-corrected chi connectivity index (χ4v) is 4.25. The number of hydrogen-bond donors (Lipinski definition) is 1. The maximum absolute atomic E-state index is 13.3. The molecule has 0 spiro atoms. The summed E-state index contributed by atoms with van der Waals surface area (Å²) < 4.78 is 33.5. The van der Waals surface area contributed by atoms with E-state index in [9.17, 15) is 10.1 Å². The Balaban J connectivity index is 1.92. The quantitative estimate of drug-likeness (QED) is 0.465. The van der Waals surface area contributed by atoms with E-state index in [-0.39, 0.29) is 34.1 Å². The number of nitrogens with two attached hydrogens (primary N) is 1. The van der Waals surface area contributed by atoms with Gasteiger partial charge in [0.15, 0.2) is 16.9 Å². The van der Waals surface area contributed by atoms with Crippen LogP contribution in [0.15, 0.2) is 61.7 Å². The van der Waals surface area contributed by atoms with Gasteiger partial charge < -0.3 is 33.5 Å². The first-order chi connectivity index (χ1) is 16.0. The number of nitriles is 1. The fraction of sp³-hybridized carbons (Fsp3) is 0.167. The smallest absolute Gasteiger partial charge is 0.344 e. The molecule has 0 saturated heterocycles. The lowest BCUT2D eigenvalue weighted by Crippen LogP contribution is -2.26. The summed E-state index contributed by atoms with van der Waals surface area (Å²) in [6.45, 7) is 0. The summed E-state index contributed by atoms with van der Waals surface area (Å²) in [6, 6.07) is 10.8. The molecule has 2 aromatic carbocycles. The molecular weight excluding hydrogens is 428 g/mol. The number of nitrogens with zero attached hydrogens (tertiary/aromatic N) is 1. The van der Waals surface area contributed by atoms with Gasteiger partial charge in [-0.2, -0.15) is 5.26 Å². The minimum Gasteiger partial charge on any atom is -0.497 e. The van der Waals surface area contributed by atoms with Gasteiger partial charge in [0.25, 0.3) is 0 Å². The number of furan rings is 1. The molecule has 0 saturated carbocycles. The van der Waals surface area contributed by atoms with Crippen molar-refractivity contribution in [2.45, 2.75) is 5.92 Å². The van der Waals surface area contributed by atoms with Gasteiger partial charge in [-0.25, -0.2) is 4.79 Å². The number of fused-ring (bicyclic) bond motifs is 4. The van der Waals surface area contributed by atoms with Crippen molar-refractivity contribution in [2.75, 3.05) is 21.3 Å². The van der Waals surface area contributed by atoms with Gasteiger partial charge in [-0.1, -0.05) is 12.1 Å². The summed E-state index contributed by atoms with van der Waals surface area (Å²) in [5, 5.41) is 10.8. The van der Waals surface area contributed by atoms with Crippen LogP contribution < -0.4 is 30.3 Å². The van der Waals surface area contributed by atoms with Gasteiger partial charge >= 0.3 is 5.63 Å². The first-order valence-corrected chi connectivity index (χ1v) is 9.87. The van der Waals surface area contributed by atoms with Crippen molar-refractivity contribution in [3.63, 3.8) is 0 Å². The van der Waals surface area contributed by atoms with Gasteiger partial charge in [0, 0.05) is 0 Å². The van der Waals surface area contributed by atoms with Gasteiger partial charge in [-0.3, -0.25) is 0 Å². The lowest BCUT2D eigenvalue weighted by Gasteiger charge is -2.26. The van der Waals surface area contributed by atoms with E-state index in [0.717, 1.165) is 0 Å². The molecule has 0 fully saturated rings. The monoisotopic (exact) mass is 446 g/mol. The second-order valence-corrected chi connectivity index (χ2v) is 7.26. The zero-order valence-corrected chi connectivity index (χ0v) is 17.9. The molecule has 0 amide bonds. The minimum atomic E-state index is -0.818. The van der Waals surface area contributed by atoms with Crippen molar-refractivity contribution in [1.29, 1.82) is 5.26 Å². The molecule has 2 N–H and O–H groups in total. The van der Waals surface area contributed by atoms with Crippen LogP contribution in [0.3, 0.4) is 0 Å². The van der Waals surface area contributed by atoms with E-state index in [2.05, 4.69) is 6.07 Å². The molecule has 33 heavy (non-hydrogen) atoms. The van der Waals surface area contributed by atoms with Gasteiger partial charge in [0.05, 0.1) is 44.5 Å². The highest BCUT2D eigenvalue weighted by Gasteiger charge is 2.38. The Morgan fingerprint density at radius 1 is 1.00 bits per heavy atom. The maximum atomic E-state index is 13.3. The topological polar surface area (TPSA) is 130 Å². The molecule has 3 heterocycles. The molecule has 1 aliphatic rings. The Morgan fingerprint density at radius 2 is 1.73 bits per heavy atom. The van der Waals surface area contributed by atoms with Crippen LogP contribution in [-0.2, 0) is 0 Å². The average molecular weight is 446 g/mol. The van der Waals surface area contributed by atoms with E-state index in [1.807, 2.05) is 0 Å². The van der Waals surface area contributed by atoms with Crippen LogP contribution in [0, 0.1) is 11.3 Å². The third kappa shape index (κ3) is 2.81. The van der Waals surface area contributed by atoms with E-state index in [0.29, 0.717) is 33.4 Å². The molecule has 2 aromatic heterocycles. The SMILES string of the molecule is COc1ccc(C2C(C#N)=C(N)Oc3c2c(=O)oc2c(OC)c4occc4c(OC)c32)cc1. The second-order valence-electron chi connectivity index (χ2n) is 7.26. The molecule has 1 atom stereocenters. The molecule has 0 aliphatic carbocycles. The molecule has 9 heteroatoms. The minimum absolute atomic E-state index is 0.0854. The van der Waals surface area contributed by atoms with Crippen LogP contribution in [-0.4, -0.2) is 21.3 Å². The maximum Gasteiger partial charge on any atom is 0.344 e. The lowest BCUT2D eigenvalue weighted by atomic mass is 9.83. The van der Waals surface area contributed by atoms with Crippen LogP contribution in [0.1, 0.15) is 17.0 Å². The molecule has 0 bridgehead atoms. The number of hydrogen-bond acceptors (Lipinski definition) is 9. The summed E-state index contributed by atoms with van der Waals surface area (Å²) >= 11 is 0. The molecular formula is C24H18N2O7. The van der Waals surface area contributed by atoms with Crippen LogP contribution in [0.25, 0.3) is 21.9 Å². The largest absolute Gasteiger partial charge is 0.497 e. The highest BCUT2D eigenvalue weighted by molar-refractivity contribution is 6.09. The van der Waals surface area contributed by atoms with Crippen molar-refractivity contribution in [1.82, 2.24) is 0 Å². The Hall–Kier alpha value is -4.58. The number of benzene rings is 2. The molecule has 1 aliphatic heterocycles. The first kappa shape index (κ1) is 20.3. The molecule has 1 unspecified atom stereocenters. The number of methoxy groups -OCH3 is 3. The van der Waals surface area contributed by atoms with Crippen LogP contribution in [0.5, 0.6) is 23.0 Å². The van der Waals surface area contributed by atoms with E-state index in [1.165, 1.54) is 20.5 Å². The van der Waals surface area contributed by atoms with Gasteiger partial charge in [0.2, 0.25) is 11.6 Å². The molecule has 0 radical (unpaired) electrons. The van der Waals surface area contributed by atoms with Crippen molar-refractivity contribution >= 4 is 21.9 Å². The molecule has 9 nitrogen and oxygen atoms in total. The molecule has 4 aromatic rings. The predicted octanol–water partition coefficient (Wildman–Crippen LogP) is 3.78. The number of allylic oxidation sites excluding steroid dienone is 1. The molecule has 5 rings (SSSR count). The van der Waals surface area contributed by atoms with Crippen LogP contribution in [0.4, 0.5) is 0 Å². The summed E-state index contributed by atoms with van der Waals surface area (Å²) in [6.07, 6.45) is 1.47. The van der Waals surface area contributed by atoms with E-state index >= 15 is 0 Å². The Labute approximate surface area is 187 Å². The molecule has 166 valence electrons. The van der Waals surface area contributed by atoms with Crippen LogP contribution >= 0.6 is 0 Å². The summed E-state index contributed by atoms with van der Waals surface area (Å²) in [4.78, 5) is 13.3. The van der Waals surface area contributed by atoms with Gasteiger partial charge in [-0.15, -0.1) is 0 Å². The summed E-state index contributed by atoms with van der Waals surface area (Å²) in [5.74, 6) is 0.393. The highest BCUT2D eigenvalue weighted by Crippen LogP contribution is 2.51. The second kappa shape index (κ2) is 7.53. The van der Waals surface area contributed by atoms with Crippen molar-refractivity contribution < 1.29 is 27.8 Å². The standard InChI is InChI=1S/C24H18N2O7/c1-28-12-6-4-11(5-7-12)15-14(10-25)23(26)32-20-16(15)24(27)33-21-17(20)18(29-2)13-8-9-31-19(13)22(21)30-3/h4-9,15H,26H2,1-3H3. The average Bonchev–Trinajstić information content (AvgIpc) is 3.31.